The van der Waals surface area contributed by atoms with E-state index in [-0.39, 0.29) is 30.9 Å². The Morgan fingerprint density at radius 3 is 2.47 bits per heavy atom. The average molecular weight is 267 g/mol. The molecule has 0 bridgehead atoms. The molecule has 0 radical (unpaired) electrons. The van der Waals surface area contributed by atoms with Crippen LogP contribution in [0.15, 0.2) is 18.2 Å². The predicted octanol–water partition coefficient (Wildman–Crippen LogP) is 2.76. The Kier molecular flexibility index (Phi) is 5.96. The van der Waals surface area contributed by atoms with E-state index in [0.717, 1.165) is 12.8 Å². The Hall–Kier alpha value is -1.42. The van der Waals surface area contributed by atoms with E-state index in [9.17, 15) is 9.18 Å². The van der Waals surface area contributed by atoms with Gasteiger partial charge in [-0.1, -0.05) is 19.9 Å². The molecule has 0 fully saturated rings. The number of benzene rings is 1. The second kappa shape index (κ2) is 7.24. The van der Waals surface area contributed by atoms with Gasteiger partial charge in [-0.05, 0) is 37.5 Å². The first-order valence-electron chi connectivity index (χ1n) is 6.73. The summed E-state index contributed by atoms with van der Waals surface area (Å²) in [5.74, 6) is -0.596. The van der Waals surface area contributed by atoms with Gasteiger partial charge < -0.3 is 10.0 Å². The van der Waals surface area contributed by atoms with E-state index in [1.807, 2.05) is 13.8 Å². The Morgan fingerprint density at radius 1 is 1.37 bits per heavy atom. The molecule has 0 saturated carbocycles. The van der Waals surface area contributed by atoms with Crippen LogP contribution in [-0.2, 0) is 0 Å². The van der Waals surface area contributed by atoms with Crippen LogP contribution >= 0.6 is 0 Å². The summed E-state index contributed by atoms with van der Waals surface area (Å²) < 4.78 is 13.5. The minimum Gasteiger partial charge on any atom is -0.395 e. The molecule has 1 amide bonds. The molecule has 0 saturated heterocycles. The highest BCUT2D eigenvalue weighted by molar-refractivity contribution is 5.94. The normalized spacial score (nSPS) is 10.8. The zero-order chi connectivity index (χ0) is 14.4. The van der Waals surface area contributed by atoms with Crippen LogP contribution in [0.25, 0.3) is 0 Å². The zero-order valence-corrected chi connectivity index (χ0v) is 11.8. The van der Waals surface area contributed by atoms with Gasteiger partial charge in [0.05, 0.1) is 6.61 Å². The summed E-state index contributed by atoms with van der Waals surface area (Å²) in [4.78, 5) is 14.0. The molecule has 0 aromatic heterocycles. The van der Waals surface area contributed by atoms with Crippen LogP contribution in [0.1, 0.15) is 42.6 Å². The number of carbonyl (C=O) groups excluding carboxylic acids is 1. The van der Waals surface area contributed by atoms with Crippen LogP contribution < -0.4 is 0 Å². The van der Waals surface area contributed by atoms with Crippen molar-refractivity contribution in [2.75, 3.05) is 13.2 Å². The smallest absolute Gasteiger partial charge is 0.254 e. The summed E-state index contributed by atoms with van der Waals surface area (Å²) in [6.07, 6.45) is 1.63. The number of hydrogen-bond acceptors (Lipinski definition) is 2. The van der Waals surface area contributed by atoms with Gasteiger partial charge in [0, 0.05) is 18.2 Å². The topological polar surface area (TPSA) is 40.5 Å². The van der Waals surface area contributed by atoms with E-state index in [0.29, 0.717) is 11.1 Å². The van der Waals surface area contributed by atoms with Crippen molar-refractivity contribution in [2.24, 2.45) is 0 Å². The number of hydrogen-bond donors (Lipinski definition) is 1. The third-order valence-corrected chi connectivity index (χ3v) is 3.40. The highest BCUT2D eigenvalue weighted by atomic mass is 19.1. The Labute approximate surface area is 114 Å². The summed E-state index contributed by atoms with van der Waals surface area (Å²) in [6, 6.07) is 4.58. The maximum absolute atomic E-state index is 13.5. The second-order valence-electron chi connectivity index (χ2n) is 4.66. The van der Waals surface area contributed by atoms with Crippen molar-refractivity contribution in [3.63, 3.8) is 0 Å². The number of rotatable bonds is 6. The molecule has 0 heterocycles. The number of amides is 1. The number of carbonyl (C=O) groups is 1. The summed E-state index contributed by atoms with van der Waals surface area (Å²) in [5.41, 5.74) is 0.858. The van der Waals surface area contributed by atoms with Crippen molar-refractivity contribution in [1.29, 1.82) is 0 Å². The van der Waals surface area contributed by atoms with Crippen molar-refractivity contribution in [2.45, 2.75) is 39.7 Å². The van der Waals surface area contributed by atoms with Crippen LogP contribution in [0, 0.1) is 12.7 Å². The molecule has 0 unspecified atom stereocenters. The molecule has 0 aliphatic rings. The van der Waals surface area contributed by atoms with E-state index in [4.69, 9.17) is 5.11 Å². The molecular weight excluding hydrogens is 245 g/mol. The molecule has 3 nitrogen and oxygen atoms in total. The number of nitrogens with zero attached hydrogens (tertiary/aromatic N) is 1. The average Bonchev–Trinajstić information content (AvgIpc) is 2.41. The second-order valence-corrected chi connectivity index (χ2v) is 4.66. The molecular formula is C15H22FNO2. The van der Waals surface area contributed by atoms with E-state index in [1.165, 1.54) is 6.07 Å². The Balaban J connectivity index is 3.01. The fourth-order valence-corrected chi connectivity index (χ4v) is 2.18. The minimum atomic E-state index is -0.376. The molecule has 1 N–H and O–H groups in total. The largest absolute Gasteiger partial charge is 0.395 e. The summed E-state index contributed by atoms with van der Waals surface area (Å²) in [6.45, 7) is 5.86. The number of aliphatic hydroxyl groups excluding tert-OH is 1. The van der Waals surface area contributed by atoms with Gasteiger partial charge in [-0.15, -0.1) is 0 Å². The maximum atomic E-state index is 13.5. The third kappa shape index (κ3) is 3.77. The molecule has 4 heteroatoms. The monoisotopic (exact) mass is 267 g/mol. The fourth-order valence-electron chi connectivity index (χ4n) is 2.18. The van der Waals surface area contributed by atoms with Crippen molar-refractivity contribution < 1.29 is 14.3 Å². The molecule has 1 rings (SSSR count). The lowest BCUT2D eigenvalue weighted by molar-refractivity contribution is 0.0622. The quantitative estimate of drug-likeness (QED) is 0.861. The van der Waals surface area contributed by atoms with Crippen molar-refractivity contribution in [1.82, 2.24) is 4.90 Å². The van der Waals surface area contributed by atoms with Gasteiger partial charge in [0.2, 0.25) is 0 Å². The molecule has 0 aliphatic carbocycles. The van der Waals surface area contributed by atoms with Crippen molar-refractivity contribution >= 4 is 5.91 Å². The predicted molar refractivity (Wildman–Crippen MR) is 73.6 cm³/mol. The van der Waals surface area contributed by atoms with E-state index < -0.39 is 0 Å². The lowest BCUT2D eigenvalue weighted by Gasteiger charge is -2.30. The molecule has 0 atom stereocenters. The summed E-state index contributed by atoms with van der Waals surface area (Å²) >= 11 is 0. The van der Waals surface area contributed by atoms with Gasteiger partial charge in [-0.25, -0.2) is 4.39 Å². The van der Waals surface area contributed by atoms with Crippen molar-refractivity contribution in [3.05, 3.63) is 35.1 Å². The van der Waals surface area contributed by atoms with Crippen LogP contribution in [0.4, 0.5) is 4.39 Å². The SMILES string of the molecule is CCC(CC)N(CCO)C(=O)c1ccc(C)c(F)c1. The fraction of sp³-hybridized carbons (Fsp3) is 0.533. The van der Waals surface area contributed by atoms with Gasteiger partial charge in [0.15, 0.2) is 0 Å². The Morgan fingerprint density at radius 2 is 2.00 bits per heavy atom. The number of aliphatic hydroxyl groups is 1. The Bertz CT molecular complexity index is 430. The highest BCUT2D eigenvalue weighted by Crippen LogP contribution is 2.16. The number of aryl methyl sites for hydroxylation is 1. The van der Waals surface area contributed by atoms with E-state index in [1.54, 1.807) is 24.0 Å². The van der Waals surface area contributed by atoms with Gasteiger partial charge in [-0.3, -0.25) is 4.79 Å². The molecule has 106 valence electrons. The first-order chi connectivity index (χ1) is 9.04. The van der Waals surface area contributed by atoms with Gasteiger partial charge in [-0.2, -0.15) is 0 Å². The minimum absolute atomic E-state index is 0.0732. The molecule has 0 spiro atoms. The van der Waals surface area contributed by atoms with Gasteiger partial charge in [0.25, 0.3) is 5.91 Å². The highest BCUT2D eigenvalue weighted by Gasteiger charge is 2.22. The first-order valence-corrected chi connectivity index (χ1v) is 6.73. The molecule has 1 aromatic rings. The summed E-state index contributed by atoms with van der Waals surface area (Å²) in [7, 11) is 0. The standard InChI is InChI=1S/C15H22FNO2/c1-4-13(5-2)17(8-9-18)15(19)12-7-6-11(3)14(16)10-12/h6-7,10,13,18H,4-5,8-9H2,1-3H3. The van der Waals surface area contributed by atoms with Crippen LogP contribution in [0.3, 0.4) is 0 Å². The molecule has 1 aromatic carbocycles. The van der Waals surface area contributed by atoms with Crippen molar-refractivity contribution in [3.8, 4) is 0 Å². The number of halogens is 1. The van der Waals surface area contributed by atoms with Gasteiger partial charge in [0.1, 0.15) is 5.82 Å². The molecule has 0 aliphatic heterocycles. The third-order valence-electron chi connectivity index (χ3n) is 3.40. The van der Waals surface area contributed by atoms with Crippen LogP contribution in [-0.4, -0.2) is 35.1 Å². The van der Waals surface area contributed by atoms with Gasteiger partial charge >= 0.3 is 0 Å². The maximum Gasteiger partial charge on any atom is 0.254 e. The summed E-state index contributed by atoms with van der Waals surface area (Å²) in [5, 5.41) is 9.10. The van der Waals surface area contributed by atoms with Crippen LogP contribution in [0.2, 0.25) is 0 Å². The first kappa shape index (κ1) is 15.6. The lowest BCUT2D eigenvalue weighted by Crippen LogP contribution is -2.41. The lowest BCUT2D eigenvalue weighted by atomic mass is 10.1. The zero-order valence-electron chi connectivity index (χ0n) is 11.8. The molecule has 19 heavy (non-hydrogen) atoms. The van der Waals surface area contributed by atoms with E-state index in [2.05, 4.69) is 0 Å². The van der Waals surface area contributed by atoms with Crippen LogP contribution in [0.5, 0.6) is 0 Å². The van der Waals surface area contributed by atoms with E-state index >= 15 is 0 Å².